The van der Waals surface area contributed by atoms with Gasteiger partial charge in [0, 0.05) is 6.42 Å². The van der Waals surface area contributed by atoms with Crippen molar-refractivity contribution in [1.82, 2.24) is 0 Å². The number of rotatable bonds is 9. The molecule has 0 radical (unpaired) electrons. The Hall–Kier alpha value is -0.810. The zero-order chi connectivity index (χ0) is 11.5. The molecule has 0 bridgehead atoms. The molecule has 0 fully saturated rings. The zero-order valence-electron chi connectivity index (χ0n) is 9.28. The molecule has 1 unspecified atom stereocenters. The third-order valence-corrected chi connectivity index (χ3v) is 2.01. The van der Waals surface area contributed by atoms with Gasteiger partial charge in [-0.15, -0.1) is 0 Å². The molecule has 0 aromatic rings. The van der Waals surface area contributed by atoms with Crippen LogP contribution in [0.3, 0.4) is 0 Å². The van der Waals surface area contributed by atoms with Gasteiger partial charge in [-0.1, -0.05) is 19.8 Å². The summed E-state index contributed by atoms with van der Waals surface area (Å²) in [6.45, 7) is 2.71. The van der Waals surface area contributed by atoms with Gasteiger partial charge in [0.05, 0.1) is 25.9 Å². The molecule has 0 saturated carbocycles. The predicted molar refractivity (Wildman–Crippen MR) is 56.5 cm³/mol. The average molecular weight is 219 g/mol. The molecule has 1 amide bonds. The molecule has 0 saturated heterocycles. The molecule has 90 valence electrons. The van der Waals surface area contributed by atoms with Gasteiger partial charge in [-0.25, -0.2) is 4.79 Å². The van der Waals surface area contributed by atoms with Crippen LogP contribution in [0.5, 0.6) is 0 Å². The minimum atomic E-state index is -0.758. The van der Waals surface area contributed by atoms with E-state index in [2.05, 4.69) is 11.7 Å². The molecule has 1 atom stereocenters. The summed E-state index contributed by atoms with van der Waals surface area (Å²) in [7, 11) is 0. The molecule has 0 rings (SSSR count). The first kappa shape index (κ1) is 14.2. The maximum atomic E-state index is 10.3. The second kappa shape index (κ2) is 9.73. The van der Waals surface area contributed by atoms with Crippen molar-refractivity contribution < 1.29 is 19.4 Å². The van der Waals surface area contributed by atoms with Crippen molar-refractivity contribution in [2.24, 2.45) is 5.73 Å². The van der Waals surface area contributed by atoms with Crippen LogP contribution in [0.2, 0.25) is 0 Å². The third kappa shape index (κ3) is 9.49. The van der Waals surface area contributed by atoms with E-state index in [1.165, 1.54) is 0 Å². The van der Waals surface area contributed by atoms with Crippen LogP contribution in [0.15, 0.2) is 0 Å². The molecule has 5 heteroatoms. The summed E-state index contributed by atoms with van der Waals surface area (Å²) in [4.78, 5) is 10.3. The first-order valence-corrected chi connectivity index (χ1v) is 5.35. The Labute approximate surface area is 90.5 Å². The summed E-state index contributed by atoms with van der Waals surface area (Å²) in [5.41, 5.74) is 4.84. The SMILES string of the molecule is CCCCC(CCOC(N)=O)OCCO. The van der Waals surface area contributed by atoms with Crippen LogP contribution >= 0.6 is 0 Å². The molecular weight excluding hydrogens is 198 g/mol. The molecule has 0 spiro atoms. The maximum absolute atomic E-state index is 10.3. The van der Waals surface area contributed by atoms with Crippen molar-refractivity contribution >= 4 is 6.09 Å². The van der Waals surface area contributed by atoms with E-state index in [1.807, 2.05) is 0 Å². The van der Waals surface area contributed by atoms with Crippen molar-refractivity contribution in [3.63, 3.8) is 0 Å². The van der Waals surface area contributed by atoms with Crippen molar-refractivity contribution in [1.29, 1.82) is 0 Å². The summed E-state index contributed by atoms with van der Waals surface area (Å²) in [5.74, 6) is 0. The molecule has 0 aromatic heterocycles. The van der Waals surface area contributed by atoms with Crippen LogP contribution in [-0.4, -0.2) is 37.1 Å². The van der Waals surface area contributed by atoms with Crippen molar-refractivity contribution in [3.05, 3.63) is 0 Å². The Morgan fingerprint density at radius 1 is 1.40 bits per heavy atom. The van der Waals surface area contributed by atoms with E-state index in [0.717, 1.165) is 19.3 Å². The number of unbranched alkanes of at least 4 members (excludes halogenated alkanes) is 1. The van der Waals surface area contributed by atoms with Gasteiger partial charge in [-0.05, 0) is 6.42 Å². The number of ether oxygens (including phenoxy) is 2. The fourth-order valence-electron chi connectivity index (χ4n) is 1.25. The number of hydrogen-bond donors (Lipinski definition) is 2. The normalized spacial score (nSPS) is 12.4. The molecule has 3 N–H and O–H groups in total. The molecule has 15 heavy (non-hydrogen) atoms. The van der Waals surface area contributed by atoms with Crippen LogP contribution in [0.25, 0.3) is 0 Å². The number of carbonyl (C=O) groups is 1. The first-order chi connectivity index (χ1) is 7.20. The summed E-state index contributed by atoms with van der Waals surface area (Å²) in [6.07, 6.45) is 2.98. The molecule has 0 aliphatic rings. The van der Waals surface area contributed by atoms with Crippen LogP contribution < -0.4 is 5.73 Å². The Bertz CT molecular complexity index is 156. The zero-order valence-corrected chi connectivity index (χ0v) is 9.28. The van der Waals surface area contributed by atoms with Gasteiger partial charge in [0.25, 0.3) is 0 Å². The Kier molecular flexibility index (Phi) is 9.21. The van der Waals surface area contributed by atoms with Crippen LogP contribution in [0, 0.1) is 0 Å². The minimum absolute atomic E-state index is 0.0132. The lowest BCUT2D eigenvalue weighted by atomic mass is 10.1. The van der Waals surface area contributed by atoms with Gasteiger partial charge in [0.2, 0.25) is 0 Å². The van der Waals surface area contributed by atoms with E-state index in [1.54, 1.807) is 0 Å². The number of aliphatic hydroxyl groups is 1. The highest BCUT2D eigenvalue weighted by Crippen LogP contribution is 2.09. The van der Waals surface area contributed by atoms with Crippen LogP contribution in [0.4, 0.5) is 4.79 Å². The summed E-state index contributed by atoms with van der Waals surface area (Å²) < 4.78 is 10.0. The van der Waals surface area contributed by atoms with E-state index in [0.29, 0.717) is 13.0 Å². The highest BCUT2D eigenvalue weighted by atomic mass is 16.5. The van der Waals surface area contributed by atoms with E-state index < -0.39 is 6.09 Å². The third-order valence-electron chi connectivity index (χ3n) is 2.01. The van der Waals surface area contributed by atoms with Gasteiger partial charge in [-0.2, -0.15) is 0 Å². The Morgan fingerprint density at radius 3 is 2.67 bits per heavy atom. The molecule has 5 nitrogen and oxygen atoms in total. The van der Waals surface area contributed by atoms with Crippen LogP contribution in [-0.2, 0) is 9.47 Å². The summed E-state index contributed by atoms with van der Waals surface area (Å²) >= 11 is 0. The molecule has 0 aliphatic carbocycles. The number of aliphatic hydroxyl groups excluding tert-OH is 1. The van der Waals surface area contributed by atoms with Gasteiger partial charge < -0.3 is 20.3 Å². The number of primary amides is 1. The number of nitrogens with two attached hydrogens (primary N) is 1. The van der Waals surface area contributed by atoms with Crippen molar-refractivity contribution in [2.75, 3.05) is 19.8 Å². The molecule has 0 aromatic carbocycles. The standard InChI is InChI=1S/C10H21NO4/c1-2-3-4-9(14-8-6-12)5-7-15-10(11)13/h9,12H,2-8H2,1H3,(H2,11,13). The fraction of sp³-hybridized carbons (Fsp3) is 0.900. The predicted octanol–water partition coefficient (Wildman–Crippen LogP) is 1.04. The number of hydrogen-bond acceptors (Lipinski definition) is 4. The monoisotopic (exact) mass is 219 g/mol. The molecule has 0 aliphatic heterocycles. The minimum Gasteiger partial charge on any atom is -0.450 e. The lowest BCUT2D eigenvalue weighted by Gasteiger charge is -2.16. The second-order valence-corrected chi connectivity index (χ2v) is 3.31. The Morgan fingerprint density at radius 2 is 2.13 bits per heavy atom. The topological polar surface area (TPSA) is 81.8 Å². The highest BCUT2D eigenvalue weighted by Gasteiger charge is 2.09. The smallest absolute Gasteiger partial charge is 0.404 e. The second-order valence-electron chi connectivity index (χ2n) is 3.31. The van der Waals surface area contributed by atoms with E-state index >= 15 is 0 Å². The average Bonchev–Trinajstić information content (AvgIpc) is 2.20. The Balaban J connectivity index is 3.63. The lowest BCUT2D eigenvalue weighted by molar-refractivity contribution is 0.00814. The first-order valence-electron chi connectivity index (χ1n) is 5.35. The highest BCUT2D eigenvalue weighted by molar-refractivity contribution is 5.64. The van der Waals surface area contributed by atoms with E-state index in [-0.39, 0.29) is 19.3 Å². The van der Waals surface area contributed by atoms with Gasteiger partial charge in [0.1, 0.15) is 0 Å². The molecule has 0 heterocycles. The molecular formula is C10H21NO4. The number of amides is 1. The largest absolute Gasteiger partial charge is 0.450 e. The van der Waals surface area contributed by atoms with Gasteiger partial charge in [0.15, 0.2) is 0 Å². The fourth-order valence-corrected chi connectivity index (χ4v) is 1.25. The van der Waals surface area contributed by atoms with E-state index in [9.17, 15) is 4.79 Å². The quantitative estimate of drug-likeness (QED) is 0.607. The summed E-state index contributed by atoms with van der Waals surface area (Å²) in [6, 6.07) is 0. The van der Waals surface area contributed by atoms with Gasteiger partial charge >= 0.3 is 6.09 Å². The maximum Gasteiger partial charge on any atom is 0.404 e. The van der Waals surface area contributed by atoms with E-state index in [4.69, 9.17) is 15.6 Å². The van der Waals surface area contributed by atoms with Gasteiger partial charge in [-0.3, -0.25) is 0 Å². The summed E-state index contributed by atoms with van der Waals surface area (Å²) in [5, 5.41) is 8.62. The van der Waals surface area contributed by atoms with Crippen molar-refractivity contribution in [2.45, 2.75) is 38.7 Å². The number of carbonyl (C=O) groups excluding carboxylic acids is 1. The van der Waals surface area contributed by atoms with Crippen molar-refractivity contribution in [3.8, 4) is 0 Å². The lowest BCUT2D eigenvalue weighted by Crippen LogP contribution is -2.21. The van der Waals surface area contributed by atoms with Crippen LogP contribution in [0.1, 0.15) is 32.6 Å².